The molecule has 0 aliphatic carbocycles. The van der Waals surface area contributed by atoms with Gasteiger partial charge in [0.1, 0.15) is 11.6 Å². The third kappa shape index (κ3) is 4.11. The number of likely N-dealkylation sites (N-methyl/N-ethyl adjacent to an activating group) is 1. The van der Waals surface area contributed by atoms with Crippen LogP contribution in [0.3, 0.4) is 0 Å². The first-order valence-corrected chi connectivity index (χ1v) is 7.82. The molecule has 4 N–H and O–H groups in total. The summed E-state index contributed by atoms with van der Waals surface area (Å²) in [6, 6.07) is 7.22. The van der Waals surface area contributed by atoms with Crippen molar-refractivity contribution < 1.29 is 13.2 Å². The highest BCUT2D eigenvalue weighted by Crippen LogP contribution is 2.29. The number of nitrogens with zero attached hydrogens (tertiary/aromatic N) is 3. The maximum atomic E-state index is 12.6. The van der Waals surface area contributed by atoms with Crippen LogP contribution in [0, 0.1) is 0 Å². The fourth-order valence-electron chi connectivity index (χ4n) is 2.56. The van der Waals surface area contributed by atoms with Crippen molar-refractivity contribution in [3.63, 3.8) is 0 Å². The van der Waals surface area contributed by atoms with Crippen LogP contribution in [0.4, 0.5) is 30.8 Å². The Morgan fingerprint density at radius 1 is 1.20 bits per heavy atom. The van der Waals surface area contributed by atoms with Gasteiger partial charge in [-0.3, -0.25) is 0 Å². The lowest BCUT2D eigenvalue weighted by Gasteiger charge is -2.40. The largest absolute Gasteiger partial charge is 0.416 e. The summed E-state index contributed by atoms with van der Waals surface area (Å²) in [5, 5.41) is 6.25. The second-order valence-electron chi connectivity index (χ2n) is 5.91. The number of aromatic nitrogens is 2. The van der Waals surface area contributed by atoms with Gasteiger partial charge < -0.3 is 21.3 Å². The topological polar surface area (TPSA) is 79.1 Å². The van der Waals surface area contributed by atoms with E-state index in [4.69, 9.17) is 5.73 Å². The Kier molecular flexibility index (Phi) is 4.67. The number of alkyl halides is 3. The zero-order valence-electron chi connectivity index (χ0n) is 13.6. The lowest BCUT2D eigenvalue weighted by Crippen LogP contribution is -2.57. The van der Waals surface area contributed by atoms with E-state index in [1.165, 1.54) is 12.1 Å². The number of hydrogen-bond donors (Lipinski definition) is 3. The minimum atomic E-state index is -4.33. The quantitative estimate of drug-likeness (QED) is 0.765. The van der Waals surface area contributed by atoms with Crippen LogP contribution in [-0.4, -0.2) is 36.1 Å². The highest BCUT2D eigenvalue weighted by atomic mass is 19.4. The molecule has 1 aromatic carbocycles. The van der Waals surface area contributed by atoms with Gasteiger partial charge in [0.2, 0.25) is 5.95 Å². The second kappa shape index (κ2) is 6.75. The zero-order valence-corrected chi connectivity index (χ0v) is 13.6. The van der Waals surface area contributed by atoms with Gasteiger partial charge in [0.15, 0.2) is 0 Å². The van der Waals surface area contributed by atoms with Crippen molar-refractivity contribution in [2.75, 3.05) is 36.1 Å². The fraction of sp³-hybridized carbons (Fsp3) is 0.375. The SMILES string of the molecule is CNC1CN(c2cc(NCc3ccc(C(F)(F)F)cc3)nc(N)n2)C1. The zero-order chi connectivity index (χ0) is 18.0. The molecule has 2 aromatic rings. The summed E-state index contributed by atoms with van der Waals surface area (Å²) in [5.74, 6) is 1.42. The van der Waals surface area contributed by atoms with Crippen molar-refractivity contribution in [1.82, 2.24) is 15.3 Å². The van der Waals surface area contributed by atoms with Gasteiger partial charge in [0.25, 0.3) is 0 Å². The van der Waals surface area contributed by atoms with Crippen LogP contribution in [0.5, 0.6) is 0 Å². The summed E-state index contributed by atoms with van der Waals surface area (Å²) >= 11 is 0. The molecule has 25 heavy (non-hydrogen) atoms. The van der Waals surface area contributed by atoms with Gasteiger partial charge in [-0.2, -0.15) is 23.1 Å². The van der Waals surface area contributed by atoms with Crippen LogP contribution in [0.2, 0.25) is 0 Å². The van der Waals surface area contributed by atoms with E-state index in [2.05, 4.69) is 25.5 Å². The summed E-state index contributed by atoms with van der Waals surface area (Å²) in [5.41, 5.74) is 5.80. The van der Waals surface area contributed by atoms with E-state index in [0.29, 0.717) is 24.0 Å². The Balaban J connectivity index is 1.64. The minimum Gasteiger partial charge on any atom is -0.368 e. The Morgan fingerprint density at radius 3 is 2.48 bits per heavy atom. The summed E-state index contributed by atoms with van der Waals surface area (Å²) in [6.45, 7) is 2.02. The van der Waals surface area contributed by atoms with E-state index in [-0.39, 0.29) is 5.95 Å². The van der Waals surface area contributed by atoms with Gasteiger partial charge in [0.05, 0.1) is 5.56 Å². The molecule has 0 amide bonds. The van der Waals surface area contributed by atoms with Crippen LogP contribution in [0.15, 0.2) is 30.3 Å². The van der Waals surface area contributed by atoms with Crippen LogP contribution in [-0.2, 0) is 12.7 Å². The first-order valence-electron chi connectivity index (χ1n) is 7.82. The molecule has 0 atom stereocenters. The molecule has 1 aliphatic heterocycles. The van der Waals surface area contributed by atoms with E-state index >= 15 is 0 Å². The van der Waals surface area contributed by atoms with Crippen molar-refractivity contribution in [3.05, 3.63) is 41.5 Å². The second-order valence-corrected chi connectivity index (χ2v) is 5.91. The predicted molar refractivity (Wildman–Crippen MR) is 90.3 cm³/mol. The molecule has 0 saturated carbocycles. The maximum Gasteiger partial charge on any atom is 0.416 e. The van der Waals surface area contributed by atoms with Crippen molar-refractivity contribution in [2.24, 2.45) is 0 Å². The molecule has 1 aromatic heterocycles. The molecule has 6 nitrogen and oxygen atoms in total. The smallest absolute Gasteiger partial charge is 0.368 e. The van der Waals surface area contributed by atoms with Gasteiger partial charge in [0, 0.05) is 31.7 Å². The van der Waals surface area contributed by atoms with Crippen LogP contribution >= 0.6 is 0 Å². The number of halogens is 3. The van der Waals surface area contributed by atoms with Gasteiger partial charge in [-0.25, -0.2) is 0 Å². The molecular formula is C16H19F3N6. The summed E-state index contributed by atoms with van der Waals surface area (Å²) < 4.78 is 37.7. The summed E-state index contributed by atoms with van der Waals surface area (Å²) in [6.07, 6.45) is -4.33. The predicted octanol–water partition coefficient (Wildman–Crippen LogP) is 2.10. The van der Waals surface area contributed by atoms with Gasteiger partial charge in [-0.1, -0.05) is 12.1 Å². The van der Waals surface area contributed by atoms with Gasteiger partial charge in [-0.15, -0.1) is 0 Å². The van der Waals surface area contributed by atoms with Gasteiger partial charge >= 0.3 is 6.18 Å². The average Bonchev–Trinajstić information content (AvgIpc) is 2.51. The number of hydrogen-bond acceptors (Lipinski definition) is 6. The molecule has 1 aliphatic rings. The van der Waals surface area contributed by atoms with Crippen molar-refractivity contribution in [2.45, 2.75) is 18.8 Å². The van der Waals surface area contributed by atoms with Gasteiger partial charge in [-0.05, 0) is 24.7 Å². The van der Waals surface area contributed by atoms with Crippen molar-refractivity contribution >= 4 is 17.6 Å². The van der Waals surface area contributed by atoms with Crippen LogP contribution < -0.4 is 21.3 Å². The number of nitrogens with one attached hydrogen (secondary N) is 2. The number of nitrogens with two attached hydrogens (primary N) is 1. The number of anilines is 3. The van der Waals surface area contributed by atoms with Crippen LogP contribution in [0.25, 0.3) is 0 Å². The van der Waals surface area contributed by atoms with Crippen LogP contribution in [0.1, 0.15) is 11.1 Å². The Bertz CT molecular complexity index is 726. The molecule has 0 unspecified atom stereocenters. The molecule has 3 rings (SSSR count). The first kappa shape index (κ1) is 17.3. The lowest BCUT2D eigenvalue weighted by atomic mass is 10.1. The van der Waals surface area contributed by atoms with E-state index in [0.717, 1.165) is 31.0 Å². The molecule has 134 valence electrons. The maximum absolute atomic E-state index is 12.6. The fourth-order valence-corrected chi connectivity index (χ4v) is 2.56. The molecule has 0 spiro atoms. The van der Waals surface area contributed by atoms with Crippen molar-refractivity contribution in [3.8, 4) is 0 Å². The third-order valence-corrected chi connectivity index (χ3v) is 4.10. The Labute approximate surface area is 143 Å². The highest BCUT2D eigenvalue weighted by molar-refractivity contribution is 5.54. The normalized spacial score (nSPS) is 15.1. The molecule has 0 bridgehead atoms. The molecule has 1 saturated heterocycles. The summed E-state index contributed by atoms with van der Waals surface area (Å²) in [7, 11) is 1.91. The monoisotopic (exact) mass is 352 g/mol. The third-order valence-electron chi connectivity index (χ3n) is 4.10. The molecule has 2 heterocycles. The Hall–Kier alpha value is -2.55. The Morgan fingerprint density at radius 2 is 1.88 bits per heavy atom. The molecular weight excluding hydrogens is 333 g/mol. The number of nitrogen functional groups attached to an aromatic ring is 1. The summed E-state index contributed by atoms with van der Waals surface area (Å²) in [4.78, 5) is 10.4. The van der Waals surface area contributed by atoms with E-state index in [1.807, 2.05) is 7.05 Å². The minimum absolute atomic E-state index is 0.153. The number of benzene rings is 1. The molecule has 9 heteroatoms. The highest BCUT2D eigenvalue weighted by Gasteiger charge is 2.30. The molecule has 0 radical (unpaired) electrons. The first-order chi connectivity index (χ1) is 11.8. The average molecular weight is 352 g/mol. The molecule has 1 fully saturated rings. The standard InChI is InChI=1S/C16H19F3N6/c1-21-12-8-25(9-12)14-6-13(23-15(20)24-14)22-7-10-2-4-11(5-3-10)16(17,18)19/h2-6,12,21H,7-9H2,1H3,(H3,20,22,23,24). The van der Waals surface area contributed by atoms with E-state index in [1.54, 1.807) is 6.07 Å². The van der Waals surface area contributed by atoms with E-state index < -0.39 is 11.7 Å². The van der Waals surface area contributed by atoms with E-state index in [9.17, 15) is 13.2 Å². The lowest BCUT2D eigenvalue weighted by molar-refractivity contribution is -0.137. The van der Waals surface area contributed by atoms with Crippen molar-refractivity contribution in [1.29, 1.82) is 0 Å². The number of rotatable bonds is 5.